The molecule has 0 bridgehead atoms. The summed E-state index contributed by atoms with van der Waals surface area (Å²) in [5.74, 6) is -0.838. The van der Waals surface area contributed by atoms with E-state index in [1.807, 2.05) is 0 Å². The van der Waals surface area contributed by atoms with Gasteiger partial charge in [-0.05, 0) is 12.1 Å². The van der Waals surface area contributed by atoms with Crippen molar-refractivity contribution in [1.82, 2.24) is 0 Å². The van der Waals surface area contributed by atoms with Crippen LogP contribution in [0, 0.1) is 0 Å². The Bertz CT molecular complexity index is 304. The molecule has 0 aliphatic heterocycles. The molecule has 0 radical (unpaired) electrons. The molecule has 0 saturated heterocycles. The highest BCUT2D eigenvalue weighted by molar-refractivity contribution is 7.14. The van der Waals surface area contributed by atoms with Gasteiger partial charge in [0.05, 0.1) is 4.88 Å². The van der Waals surface area contributed by atoms with E-state index in [9.17, 15) is 18.0 Å². The van der Waals surface area contributed by atoms with Crippen LogP contribution in [0.25, 0.3) is 0 Å². The Hall–Kier alpha value is -1.04. The molecule has 1 aromatic heterocycles. The fourth-order valence-electron chi connectivity index (χ4n) is 0.623. The lowest BCUT2D eigenvalue weighted by Gasteiger charge is -1.99. The van der Waals surface area contributed by atoms with Crippen molar-refractivity contribution < 1.29 is 18.0 Å². The van der Waals surface area contributed by atoms with E-state index in [1.165, 1.54) is 0 Å². The van der Waals surface area contributed by atoms with Gasteiger partial charge in [0.25, 0.3) is 5.91 Å². The number of carbonyl (C=O) groups excluding carboxylic acids is 1. The molecule has 0 aliphatic rings. The van der Waals surface area contributed by atoms with Gasteiger partial charge in [0.15, 0.2) is 0 Å². The summed E-state index contributed by atoms with van der Waals surface area (Å²) in [5.41, 5.74) is 4.77. The summed E-state index contributed by atoms with van der Waals surface area (Å²) in [5, 5.41) is 0. The molecule has 0 saturated carbocycles. The van der Waals surface area contributed by atoms with Crippen LogP contribution in [0.1, 0.15) is 14.5 Å². The summed E-state index contributed by atoms with van der Waals surface area (Å²) < 4.78 is 35.8. The monoisotopic (exact) mass is 195 g/mol. The van der Waals surface area contributed by atoms with Crippen LogP contribution >= 0.6 is 11.3 Å². The topological polar surface area (TPSA) is 43.1 Å². The molecule has 0 atom stereocenters. The van der Waals surface area contributed by atoms with Gasteiger partial charge in [0.1, 0.15) is 4.88 Å². The molecule has 1 rings (SSSR count). The number of hydrogen-bond acceptors (Lipinski definition) is 2. The van der Waals surface area contributed by atoms with Crippen molar-refractivity contribution in [3.8, 4) is 0 Å². The van der Waals surface area contributed by atoms with Crippen LogP contribution in [0.3, 0.4) is 0 Å². The molecule has 1 amide bonds. The number of rotatable bonds is 1. The summed E-state index contributed by atoms with van der Waals surface area (Å²) in [6, 6.07) is 1.90. The molecule has 0 fully saturated rings. The van der Waals surface area contributed by atoms with Crippen LogP contribution in [-0.4, -0.2) is 5.91 Å². The lowest BCUT2D eigenvalue weighted by molar-refractivity contribution is -0.134. The first kappa shape index (κ1) is 9.05. The number of alkyl halides is 3. The first-order valence-corrected chi connectivity index (χ1v) is 3.70. The molecule has 1 aromatic rings. The predicted molar refractivity (Wildman–Crippen MR) is 37.8 cm³/mol. The van der Waals surface area contributed by atoms with Crippen LogP contribution in [0.2, 0.25) is 0 Å². The normalized spacial score (nSPS) is 11.6. The van der Waals surface area contributed by atoms with Gasteiger partial charge in [-0.1, -0.05) is 0 Å². The Morgan fingerprint density at radius 2 is 2.00 bits per heavy atom. The average Bonchev–Trinajstić information content (AvgIpc) is 2.30. The van der Waals surface area contributed by atoms with Gasteiger partial charge in [-0.25, -0.2) is 0 Å². The predicted octanol–water partition coefficient (Wildman–Crippen LogP) is 1.87. The third kappa shape index (κ3) is 1.76. The Morgan fingerprint density at radius 1 is 1.42 bits per heavy atom. The van der Waals surface area contributed by atoms with E-state index in [4.69, 9.17) is 5.73 Å². The van der Waals surface area contributed by atoms with E-state index in [-0.39, 0.29) is 4.88 Å². The minimum atomic E-state index is -4.39. The Kier molecular flexibility index (Phi) is 2.10. The number of nitrogens with two attached hydrogens (primary N) is 1. The molecule has 0 aromatic carbocycles. The van der Waals surface area contributed by atoms with Gasteiger partial charge in [0, 0.05) is 0 Å². The molecule has 0 unspecified atom stereocenters. The van der Waals surface area contributed by atoms with E-state index in [1.54, 1.807) is 0 Å². The maximum absolute atomic E-state index is 11.9. The number of primary amides is 1. The van der Waals surface area contributed by atoms with Crippen molar-refractivity contribution in [2.45, 2.75) is 6.18 Å². The van der Waals surface area contributed by atoms with Crippen LogP contribution in [0.4, 0.5) is 13.2 Å². The second-order valence-corrected chi connectivity index (χ2v) is 3.11. The maximum Gasteiger partial charge on any atom is 0.425 e. The zero-order chi connectivity index (χ0) is 9.35. The lowest BCUT2D eigenvalue weighted by Crippen LogP contribution is -2.08. The summed E-state index contributed by atoms with van der Waals surface area (Å²) in [6.45, 7) is 0. The van der Waals surface area contributed by atoms with Crippen molar-refractivity contribution >= 4 is 17.2 Å². The molecule has 2 nitrogen and oxygen atoms in total. The highest BCUT2D eigenvalue weighted by atomic mass is 32.1. The second kappa shape index (κ2) is 2.78. The van der Waals surface area contributed by atoms with Crippen LogP contribution in [0.15, 0.2) is 12.1 Å². The molecular formula is C6H4F3NOS. The standard InChI is InChI=1S/C6H4F3NOS/c7-6(8,9)4-2-1-3(12-4)5(10)11/h1-2H,(H2,10,11). The van der Waals surface area contributed by atoms with Crippen molar-refractivity contribution in [2.24, 2.45) is 5.73 Å². The Balaban J connectivity index is 3.00. The third-order valence-electron chi connectivity index (χ3n) is 1.13. The summed E-state index contributed by atoms with van der Waals surface area (Å²) in [4.78, 5) is 9.52. The average molecular weight is 195 g/mol. The van der Waals surface area contributed by atoms with E-state index in [0.29, 0.717) is 11.3 Å². The summed E-state index contributed by atoms with van der Waals surface area (Å²) in [6.07, 6.45) is -4.39. The molecule has 1 heterocycles. The first-order valence-electron chi connectivity index (χ1n) is 2.88. The quantitative estimate of drug-likeness (QED) is 0.730. The van der Waals surface area contributed by atoms with E-state index in [0.717, 1.165) is 12.1 Å². The second-order valence-electron chi connectivity index (χ2n) is 2.03. The molecular weight excluding hydrogens is 191 g/mol. The van der Waals surface area contributed by atoms with Crippen molar-refractivity contribution in [3.05, 3.63) is 21.9 Å². The van der Waals surface area contributed by atoms with Gasteiger partial charge in [-0.3, -0.25) is 4.79 Å². The summed E-state index contributed by atoms with van der Waals surface area (Å²) >= 11 is 0.348. The third-order valence-corrected chi connectivity index (χ3v) is 2.27. The lowest BCUT2D eigenvalue weighted by atomic mass is 10.4. The Morgan fingerprint density at radius 3 is 2.25 bits per heavy atom. The van der Waals surface area contributed by atoms with E-state index >= 15 is 0 Å². The number of thiophene rings is 1. The number of halogens is 3. The Labute approximate surface area is 69.8 Å². The van der Waals surface area contributed by atoms with Crippen LogP contribution in [0.5, 0.6) is 0 Å². The number of amides is 1. The van der Waals surface area contributed by atoms with Gasteiger partial charge in [-0.15, -0.1) is 11.3 Å². The van der Waals surface area contributed by atoms with Gasteiger partial charge in [-0.2, -0.15) is 13.2 Å². The minimum absolute atomic E-state index is 0.0812. The zero-order valence-electron chi connectivity index (χ0n) is 5.68. The highest BCUT2D eigenvalue weighted by Crippen LogP contribution is 2.34. The highest BCUT2D eigenvalue weighted by Gasteiger charge is 2.32. The fraction of sp³-hybridized carbons (Fsp3) is 0.167. The number of hydrogen-bond donors (Lipinski definition) is 1. The van der Waals surface area contributed by atoms with Crippen molar-refractivity contribution in [2.75, 3.05) is 0 Å². The minimum Gasteiger partial charge on any atom is -0.365 e. The fourth-order valence-corrected chi connectivity index (χ4v) is 1.35. The molecule has 12 heavy (non-hydrogen) atoms. The maximum atomic E-state index is 11.9. The largest absolute Gasteiger partial charge is 0.425 e. The molecule has 0 aliphatic carbocycles. The molecule has 2 N–H and O–H groups in total. The van der Waals surface area contributed by atoms with Gasteiger partial charge >= 0.3 is 6.18 Å². The van der Waals surface area contributed by atoms with Gasteiger partial charge in [0.2, 0.25) is 0 Å². The molecule has 0 spiro atoms. The number of carbonyl (C=O) groups is 1. The first-order chi connectivity index (χ1) is 5.41. The van der Waals surface area contributed by atoms with Crippen LogP contribution < -0.4 is 5.73 Å². The molecule has 6 heteroatoms. The van der Waals surface area contributed by atoms with E-state index in [2.05, 4.69) is 0 Å². The smallest absolute Gasteiger partial charge is 0.365 e. The molecule has 66 valence electrons. The zero-order valence-corrected chi connectivity index (χ0v) is 6.50. The SMILES string of the molecule is NC(=O)c1ccc(C(F)(F)F)s1. The van der Waals surface area contributed by atoms with Crippen molar-refractivity contribution in [3.63, 3.8) is 0 Å². The van der Waals surface area contributed by atoms with E-state index < -0.39 is 17.0 Å². The van der Waals surface area contributed by atoms with Crippen molar-refractivity contribution in [1.29, 1.82) is 0 Å². The summed E-state index contributed by atoms with van der Waals surface area (Å²) in [7, 11) is 0. The van der Waals surface area contributed by atoms with Crippen LogP contribution in [-0.2, 0) is 6.18 Å². The van der Waals surface area contributed by atoms with Gasteiger partial charge < -0.3 is 5.73 Å².